The van der Waals surface area contributed by atoms with Crippen molar-refractivity contribution in [3.05, 3.63) is 72.1 Å². The van der Waals surface area contributed by atoms with Gasteiger partial charge in [-0.25, -0.2) is 4.79 Å². The van der Waals surface area contributed by atoms with Crippen LogP contribution in [0.25, 0.3) is 21.8 Å². The molecule has 13 heteroatoms. The highest BCUT2D eigenvalue weighted by Gasteiger charge is 2.33. The number of benzene rings is 2. The van der Waals surface area contributed by atoms with Gasteiger partial charge in [0.25, 0.3) is 0 Å². The minimum absolute atomic E-state index is 0.0603. The number of carboxylic acids is 1. The number of H-pyrrole nitrogens is 2. The number of aliphatic hydroxyl groups is 2. The van der Waals surface area contributed by atoms with Crippen LogP contribution in [0.2, 0.25) is 0 Å². The van der Waals surface area contributed by atoms with Crippen LogP contribution in [0.4, 0.5) is 0 Å². The summed E-state index contributed by atoms with van der Waals surface area (Å²) in [6.07, 6.45) is 2.05. The number of nitrogens with two attached hydrogens (primary N) is 1. The molecule has 222 valence electrons. The Labute approximate surface area is 240 Å². The molecule has 0 saturated heterocycles. The Bertz CT molecular complexity index is 1580. The van der Waals surface area contributed by atoms with Gasteiger partial charge in [-0.05, 0) is 36.6 Å². The third-order valence-corrected chi connectivity index (χ3v) is 7.04. The number of aromatic amines is 2. The number of carboxylic acid groups (broad SMARTS) is 1. The second-order valence-corrected chi connectivity index (χ2v) is 10.1. The smallest absolute Gasteiger partial charge is 0.326 e. The van der Waals surface area contributed by atoms with Crippen LogP contribution in [0.3, 0.4) is 0 Å². The number of fused-ring (bicyclic) bond motifs is 2. The second-order valence-electron chi connectivity index (χ2n) is 10.1. The summed E-state index contributed by atoms with van der Waals surface area (Å²) >= 11 is 0. The maximum absolute atomic E-state index is 13.0. The van der Waals surface area contributed by atoms with Gasteiger partial charge in [-0.15, -0.1) is 0 Å². The highest BCUT2D eigenvalue weighted by molar-refractivity contribution is 5.95. The SMILES string of the molecule is CC(O)C(NC(=O)C(CO)NC(=O)C(N)Cc1c[nH]c2ccccc12)C(=O)NC(Cc1c[nH]c2ccccc12)C(=O)O. The van der Waals surface area contributed by atoms with Crippen molar-refractivity contribution < 1.29 is 34.5 Å². The van der Waals surface area contributed by atoms with E-state index >= 15 is 0 Å². The molecule has 0 aliphatic heterocycles. The highest BCUT2D eigenvalue weighted by Crippen LogP contribution is 2.20. The second kappa shape index (κ2) is 13.3. The van der Waals surface area contributed by atoms with Crippen LogP contribution >= 0.6 is 0 Å². The summed E-state index contributed by atoms with van der Waals surface area (Å²) in [7, 11) is 0. The molecule has 0 spiro atoms. The minimum atomic E-state index is -1.58. The number of carbonyl (C=O) groups is 4. The van der Waals surface area contributed by atoms with Gasteiger partial charge in [-0.3, -0.25) is 14.4 Å². The first-order valence-electron chi connectivity index (χ1n) is 13.4. The highest BCUT2D eigenvalue weighted by atomic mass is 16.4. The van der Waals surface area contributed by atoms with Crippen LogP contribution in [0, 0.1) is 0 Å². The minimum Gasteiger partial charge on any atom is -0.480 e. The maximum atomic E-state index is 13.0. The van der Waals surface area contributed by atoms with Crippen LogP contribution in [-0.4, -0.2) is 85.9 Å². The van der Waals surface area contributed by atoms with Crippen molar-refractivity contribution in [2.75, 3.05) is 6.61 Å². The summed E-state index contributed by atoms with van der Waals surface area (Å²) in [6, 6.07) is 9.28. The molecule has 0 aliphatic rings. The number of aromatic nitrogens is 2. The molecule has 5 unspecified atom stereocenters. The fourth-order valence-electron chi connectivity index (χ4n) is 4.74. The largest absolute Gasteiger partial charge is 0.480 e. The molecule has 2 aromatic carbocycles. The Kier molecular flexibility index (Phi) is 9.57. The number of nitrogens with one attached hydrogen (secondary N) is 5. The summed E-state index contributed by atoms with van der Waals surface area (Å²) in [5.74, 6) is -3.94. The number of carbonyl (C=O) groups excluding carboxylic acids is 3. The summed E-state index contributed by atoms with van der Waals surface area (Å²) in [5.41, 5.74) is 9.20. The van der Waals surface area contributed by atoms with E-state index in [4.69, 9.17) is 5.73 Å². The first-order valence-corrected chi connectivity index (χ1v) is 13.4. The summed E-state index contributed by atoms with van der Waals surface area (Å²) < 4.78 is 0. The van der Waals surface area contributed by atoms with E-state index in [1.165, 1.54) is 6.92 Å². The number of aliphatic carboxylic acids is 1. The van der Waals surface area contributed by atoms with E-state index in [2.05, 4.69) is 25.9 Å². The lowest BCUT2D eigenvalue weighted by Crippen LogP contribution is -2.60. The Morgan fingerprint density at radius 3 is 1.83 bits per heavy atom. The molecule has 13 nitrogen and oxygen atoms in total. The van der Waals surface area contributed by atoms with Crippen LogP contribution in [0.1, 0.15) is 18.1 Å². The van der Waals surface area contributed by atoms with E-state index in [0.29, 0.717) is 5.56 Å². The van der Waals surface area contributed by atoms with Gasteiger partial charge in [-0.2, -0.15) is 0 Å². The van der Waals surface area contributed by atoms with E-state index < -0.39 is 60.6 Å². The molecule has 0 bridgehead atoms. The molecular formula is C29H34N6O7. The Balaban J connectivity index is 1.38. The Morgan fingerprint density at radius 2 is 1.31 bits per heavy atom. The summed E-state index contributed by atoms with van der Waals surface area (Å²) in [4.78, 5) is 56.8. The molecule has 5 atom stereocenters. The number of aliphatic hydroxyl groups excluding tert-OH is 2. The van der Waals surface area contributed by atoms with E-state index in [0.717, 1.165) is 27.4 Å². The van der Waals surface area contributed by atoms with E-state index in [9.17, 15) is 34.5 Å². The van der Waals surface area contributed by atoms with Gasteiger partial charge in [0.15, 0.2) is 0 Å². The van der Waals surface area contributed by atoms with Crippen LogP contribution in [0.15, 0.2) is 60.9 Å². The van der Waals surface area contributed by atoms with Gasteiger partial charge >= 0.3 is 5.97 Å². The molecule has 0 aliphatic carbocycles. The van der Waals surface area contributed by atoms with Crippen LogP contribution in [-0.2, 0) is 32.0 Å². The van der Waals surface area contributed by atoms with Crippen molar-refractivity contribution in [2.45, 2.75) is 50.0 Å². The predicted octanol–water partition coefficient (Wildman–Crippen LogP) is -0.326. The molecule has 3 amide bonds. The third kappa shape index (κ3) is 6.94. The molecule has 2 heterocycles. The third-order valence-electron chi connectivity index (χ3n) is 7.04. The molecule has 42 heavy (non-hydrogen) atoms. The van der Waals surface area contributed by atoms with Crippen molar-refractivity contribution in [3.63, 3.8) is 0 Å². The molecule has 0 radical (unpaired) electrons. The monoisotopic (exact) mass is 578 g/mol. The van der Waals surface area contributed by atoms with Gasteiger partial charge < -0.3 is 47.0 Å². The molecule has 10 N–H and O–H groups in total. The fourth-order valence-corrected chi connectivity index (χ4v) is 4.74. The summed E-state index contributed by atoms with van der Waals surface area (Å²) in [6.45, 7) is 0.424. The van der Waals surface area contributed by atoms with Crippen molar-refractivity contribution in [1.29, 1.82) is 0 Å². The maximum Gasteiger partial charge on any atom is 0.326 e. The normalized spacial score (nSPS) is 15.0. The van der Waals surface area contributed by atoms with Gasteiger partial charge in [0, 0.05) is 40.6 Å². The molecule has 4 aromatic rings. The molecule has 2 aromatic heterocycles. The number of hydrogen-bond donors (Lipinski definition) is 9. The molecule has 4 rings (SSSR count). The first-order chi connectivity index (χ1) is 20.1. The van der Waals surface area contributed by atoms with Gasteiger partial charge in [0.2, 0.25) is 17.7 Å². The molecular weight excluding hydrogens is 544 g/mol. The van der Waals surface area contributed by atoms with Gasteiger partial charge in [0.1, 0.15) is 18.1 Å². The lowest BCUT2D eigenvalue weighted by Gasteiger charge is -2.26. The quantitative estimate of drug-likeness (QED) is 0.102. The average Bonchev–Trinajstić information content (AvgIpc) is 3.57. The predicted molar refractivity (Wildman–Crippen MR) is 154 cm³/mol. The average molecular weight is 579 g/mol. The van der Waals surface area contributed by atoms with Gasteiger partial charge in [-0.1, -0.05) is 36.4 Å². The van der Waals surface area contributed by atoms with E-state index in [1.54, 1.807) is 18.5 Å². The van der Waals surface area contributed by atoms with Crippen LogP contribution < -0.4 is 21.7 Å². The lowest BCUT2D eigenvalue weighted by molar-refractivity contribution is -0.143. The van der Waals surface area contributed by atoms with Crippen LogP contribution in [0.5, 0.6) is 0 Å². The van der Waals surface area contributed by atoms with Crippen molar-refractivity contribution >= 4 is 45.5 Å². The van der Waals surface area contributed by atoms with Crippen molar-refractivity contribution in [2.24, 2.45) is 5.73 Å². The zero-order chi connectivity index (χ0) is 30.4. The summed E-state index contributed by atoms with van der Waals surface area (Å²) in [5, 5.41) is 38.5. The zero-order valence-corrected chi connectivity index (χ0v) is 22.8. The number of para-hydroxylation sites is 2. The zero-order valence-electron chi connectivity index (χ0n) is 22.8. The van der Waals surface area contributed by atoms with Gasteiger partial charge in [0.05, 0.1) is 18.8 Å². The first kappa shape index (κ1) is 30.2. The molecule has 0 saturated carbocycles. The fraction of sp³-hybridized carbons (Fsp3) is 0.310. The Hall–Kier alpha value is -4.72. The lowest BCUT2D eigenvalue weighted by atomic mass is 10.0. The van der Waals surface area contributed by atoms with E-state index in [-0.39, 0.29) is 12.8 Å². The van der Waals surface area contributed by atoms with E-state index in [1.807, 2.05) is 42.5 Å². The van der Waals surface area contributed by atoms with Crippen molar-refractivity contribution in [3.8, 4) is 0 Å². The topological polar surface area (TPSA) is 223 Å². The number of rotatable bonds is 13. The standard InChI is InChI=1S/C29H34N6O7/c1-15(37)25(28(40)33-23(29(41)42)11-17-13-32-22-9-5-3-7-19(17)22)35-27(39)24(14-36)34-26(38)20(30)10-16-12-31-21-8-4-2-6-18(16)21/h2-9,12-13,15,20,23-25,31-32,36-37H,10-11,14,30H2,1H3,(H,33,40)(H,34,38)(H,35,39)(H,41,42). The number of hydrogen-bond acceptors (Lipinski definition) is 7. The Morgan fingerprint density at radius 1 is 0.786 bits per heavy atom. The number of amides is 3. The molecule has 0 fully saturated rings. The van der Waals surface area contributed by atoms with Crippen molar-refractivity contribution in [1.82, 2.24) is 25.9 Å².